The van der Waals surface area contributed by atoms with E-state index in [9.17, 15) is 13.2 Å². The summed E-state index contributed by atoms with van der Waals surface area (Å²) in [6, 6.07) is 5.93. The van der Waals surface area contributed by atoms with Crippen LogP contribution < -0.4 is 5.32 Å². The zero-order valence-corrected chi connectivity index (χ0v) is 16.2. The molecule has 0 fully saturated rings. The molecule has 0 aliphatic heterocycles. The van der Waals surface area contributed by atoms with Crippen molar-refractivity contribution in [2.24, 2.45) is 5.92 Å². The van der Waals surface area contributed by atoms with Crippen LogP contribution in [0.5, 0.6) is 0 Å². The average molecular weight is 355 g/mol. The first kappa shape index (κ1) is 20.6. The summed E-state index contributed by atoms with van der Waals surface area (Å²) in [6.45, 7) is 8.77. The fourth-order valence-electron chi connectivity index (χ4n) is 2.48. The van der Waals surface area contributed by atoms with Crippen LogP contribution in [0.3, 0.4) is 0 Å². The van der Waals surface area contributed by atoms with Gasteiger partial charge in [-0.3, -0.25) is 4.79 Å². The van der Waals surface area contributed by atoms with E-state index in [4.69, 9.17) is 0 Å². The molecule has 1 rings (SSSR count). The Hall–Kier alpha value is -1.40. The summed E-state index contributed by atoms with van der Waals surface area (Å²) in [5, 5.41) is 2.94. The van der Waals surface area contributed by atoms with Crippen LogP contribution in [0, 0.1) is 12.8 Å². The molecular formula is C18H30N2O3S. The van der Waals surface area contributed by atoms with E-state index in [1.807, 2.05) is 32.0 Å². The standard InChI is InChI=1S/C18H30N2O3S/c1-6-16-9-7-8-15(4)18(16)19-17(21)11-13-20(24(5,22)23)12-10-14(2)3/h7-9,14H,6,10-13H2,1-5H3,(H,19,21). The summed E-state index contributed by atoms with van der Waals surface area (Å²) in [7, 11) is -3.30. The highest BCUT2D eigenvalue weighted by Gasteiger charge is 2.18. The fourth-order valence-corrected chi connectivity index (χ4v) is 3.34. The van der Waals surface area contributed by atoms with Gasteiger partial charge in [-0.2, -0.15) is 0 Å². The minimum absolute atomic E-state index is 0.155. The first-order valence-electron chi connectivity index (χ1n) is 8.48. The van der Waals surface area contributed by atoms with Gasteiger partial charge in [0.2, 0.25) is 15.9 Å². The van der Waals surface area contributed by atoms with Gasteiger partial charge in [0.25, 0.3) is 0 Å². The van der Waals surface area contributed by atoms with Crippen molar-refractivity contribution in [2.75, 3.05) is 24.7 Å². The van der Waals surface area contributed by atoms with Gasteiger partial charge < -0.3 is 5.32 Å². The molecule has 1 aromatic rings. The highest BCUT2D eigenvalue weighted by molar-refractivity contribution is 7.88. The Kier molecular flexibility index (Phi) is 7.90. The van der Waals surface area contributed by atoms with Crippen molar-refractivity contribution in [1.29, 1.82) is 0 Å². The molecule has 0 spiro atoms. The van der Waals surface area contributed by atoms with Gasteiger partial charge in [0.05, 0.1) is 6.26 Å². The minimum atomic E-state index is -3.30. The normalized spacial score (nSPS) is 12.0. The second kappa shape index (κ2) is 9.18. The third-order valence-corrected chi connectivity index (χ3v) is 5.32. The van der Waals surface area contributed by atoms with Crippen molar-refractivity contribution < 1.29 is 13.2 Å². The molecule has 1 N–H and O–H groups in total. The summed E-state index contributed by atoms with van der Waals surface area (Å²) in [5.74, 6) is 0.263. The van der Waals surface area contributed by atoms with E-state index in [2.05, 4.69) is 19.2 Å². The Morgan fingerprint density at radius 2 is 1.92 bits per heavy atom. The lowest BCUT2D eigenvalue weighted by atomic mass is 10.1. The monoisotopic (exact) mass is 354 g/mol. The molecule has 0 radical (unpaired) electrons. The summed E-state index contributed by atoms with van der Waals surface area (Å²) < 4.78 is 25.1. The quantitative estimate of drug-likeness (QED) is 0.740. The summed E-state index contributed by atoms with van der Waals surface area (Å²) in [5.41, 5.74) is 2.95. The van der Waals surface area contributed by atoms with Gasteiger partial charge >= 0.3 is 0 Å². The molecular weight excluding hydrogens is 324 g/mol. The first-order chi connectivity index (χ1) is 11.1. The van der Waals surface area contributed by atoms with Gasteiger partial charge in [0, 0.05) is 25.2 Å². The Labute approximate surface area is 146 Å². The number of amides is 1. The van der Waals surface area contributed by atoms with Crippen LogP contribution in [0.4, 0.5) is 5.69 Å². The molecule has 136 valence electrons. The number of hydrogen-bond donors (Lipinski definition) is 1. The lowest BCUT2D eigenvalue weighted by Gasteiger charge is -2.21. The number of benzene rings is 1. The maximum absolute atomic E-state index is 12.3. The maximum Gasteiger partial charge on any atom is 0.225 e. The molecule has 1 aromatic carbocycles. The van der Waals surface area contributed by atoms with Gasteiger partial charge in [-0.1, -0.05) is 39.0 Å². The molecule has 0 unspecified atom stereocenters. The predicted molar refractivity (Wildman–Crippen MR) is 99.7 cm³/mol. The molecule has 6 heteroatoms. The second-order valence-corrected chi connectivity index (χ2v) is 8.59. The number of anilines is 1. The van der Waals surface area contributed by atoms with E-state index >= 15 is 0 Å². The van der Waals surface area contributed by atoms with Crippen molar-refractivity contribution in [3.8, 4) is 0 Å². The van der Waals surface area contributed by atoms with E-state index in [1.165, 1.54) is 10.6 Å². The van der Waals surface area contributed by atoms with Crippen LogP contribution in [0.2, 0.25) is 0 Å². The number of carbonyl (C=O) groups is 1. The Morgan fingerprint density at radius 1 is 1.25 bits per heavy atom. The molecule has 1 amide bonds. The summed E-state index contributed by atoms with van der Waals surface area (Å²) >= 11 is 0. The largest absolute Gasteiger partial charge is 0.326 e. The van der Waals surface area contributed by atoms with E-state index in [0.29, 0.717) is 12.5 Å². The molecule has 0 bridgehead atoms. The van der Waals surface area contributed by atoms with E-state index in [1.54, 1.807) is 0 Å². The second-order valence-electron chi connectivity index (χ2n) is 6.61. The lowest BCUT2D eigenvalue weighted by Crippen LogP contribution is -2.34. The Bertz CT molecular complexity index is 654. The van der Waals surface area contributed by atoms with Crippen molar-refractivity contribution in [2.45, 2.75) is 47.0 Å². The highest BCUT2D eigenvalue weighted by Crippen LogP contribution is 2.21. The molecule has 24 heavy (non-hydrogen) atoms. The number of nitrogens with zero attached hydrogens (tertiary/aromatic N) is 1. The number of hydrogen-bond acceptors (Lipinski definition) is 3. The van der Waals surface area contributed by atoms with Crippen molar-refractivity contribution in [1.82, 2.24) is 4.31 Å². The first-order valence-corrected chi connectivity index (χ1v) is 10.3. The molecule has 0 atom stereocenters. The highest BCUT2D eigenvalue weighted by atomic mass is 32.2. The lowest BCUT2D eigenvalue weighted by molar-refractivity contribution is -0.116. The van der Waals surface area contributed by atoms with Gasteiger partial charge in [-0.25, -0.2) is 12.7 Å². The molecule has 0 heterocycles. The molecule has 0 saturated heterocycles. The maximum atomic E-state index is 12.3. The Morgan fingerprint density at radius 3 is 2.46 bits per heavy atom. The van der Waals surface area contributed by atoms with Crippen LogP contribution in [0.25, 0.3) is 0 Å². The van der Waals surface area contributed by atoms with Crippen LogP contribution in [0.15, 0.2) is 18.2 Å². The summed E-state index contributed by atoms with van der Waals surface area (Å²) in [6.07, 6.45) is 2.97. The van der Waals surface area contributed by atoms with Crippen molar-refractivity contribution >= 4 is 21.6 Å². The average Bonchev–Trinajstić information content (AvgIpc) is 2.47. The third kappa shape index (κ3) is 6.61. The van der Waals surface area contributed by atoms with Crippen LogP contribution in [0.1, 0.15) is 44.7 Å². The van der Waals surface area contributed by atoms with Gasteiger partial charge in [-0.15, -0.1) is 0 Å². The number of rotatable bonds is 9. The van der Waals surface area contributed by atoms with Gasteiger partial charge in [0.15, 0.2) is 0 Å². The number of nitrogens with one attached hydrogen (secondary N) is 1. The predicted octanol–water partition coefficient (Wildman–Crippen LogP) is 3.19. The number of aryl methyl sites for hydroxylation is 2. The van der Waals surface area contributed by atoms with Crippen LogP contribution >= 0.6 is 0 Å². The molecule has 0 aliphatic carbocycles. The van der Waals surface area contributed by atoms with Crippen molar-refractivity contribution in [3.63, 3.8) is 0 Å². The van der Waals surface area contributed by atoms with Crippen LogP contribution in [-0.2, 0) is 21.2 Å². The Balaban J connectivity index is 2.70. The topological polar surface area (TPSA) is 66.5 Å². The van der Waals surface area contributed by atoms with Gasteiger partial charge in [0.1, 0.15) is 0 Å². The van der Waals surface area contributed by atoms with Crippen molar-refractivity contribution in [3.05, 3.63) is 29.3 Å². The van der Waals surface area contributed by atoms with E-state index < -0.39 is 10.0 Å². The number of para-hydroxylation sites is 1. The van der Waals surface area contributed by atoms with Gasteiger partial charge in [-0.05, 0) is 36.8 Å². The molecule has 0 saturated carbocycles. The smallest absolute Gasteiger partial charge is 0.225 e. The summed E-state index contributed by atoms with van der Waals surface area (Å²) in [4.78, 5) is 12.3. The number of carbonyl (C=O) groups excluding carboxylic acids is 1. The molecule has 0 aromatic heterocycles. The van der Waals surface area contributed by atoms with E-state index in [0.717, 1.165) is 29.7 Å². The van der Waals surface area contributed by atoms with Crippen LogP contribution in [-0.4, -0.2) is 38.0 Å². The SMILES string of the molecule is CCc1cccc(C)c1NC(=O)CCN(CCC(C)C)S(C)(=O)=O. The third-order valence-electron chi connectivity index (χ3n) is 4.02. The van der Waals surface area contributed by atoms with E-state index in [-0.39, 0.29) is 18.9 Å². The zero-order valence-electron chi connectivity index (χ0n) is 15.4. The fraction of sp³-hybridized carbons (Fsp3) is 0.611. The number of sulfonamides is 1. The molecule has 5 nitrogen and oxygen atoms in total. The molecule has 0 aliphatic rings. The zero-order chi connectivity index (χ0) is 18.3. The minimum Gasteiger partial charge on any atom is -0.326 e.